The molecule has 3 aromatic rings. The fraction of sp³-hybridized carbons (Fsp3) is 0.136. The highest BCUT2D eigenvalue weighted by Crippen LogP contribution is 2.38. The predicted molar refractivity (Wildman–Crippen MR) is 112 cm³/mol. The fourth-order valence-electron chi connectivity index (χ4n) is 3.41. The summed E-state index contributed by atoms with van der Waals surface area (Å²) in [4.78, 5) is 15.0. The lowest BCUT2D eigenvalue weighted by Gasteiger charge is -2.36. The lowest BCUT2D eigenvalue weighted by Crippen LogP contribution is -2.50. The third-order valence-corrected chi connectivity index (χ3v) is 6.71. The van der Waals surface area contributed by atoms with Crippen LogP contribution in [0.15, 0.2) is 77.7 Å². The number of hydrogen-bond acceptors (Lipinski definition) is 4. The van der Waals surface area contributed by atoms with E-state index in [1.807, 2.05) is 31.2 Å². The van der Waals surface area contributed by atoms with Crippen LogP contribution < -0.4 is 13.9 Å². The number of methoxy groups -OCH3 is 1. The average Bonchev–Trinajstić information content (AvgIpc) is 2.72. The van der Waals surface area contributed by atoms with Crippen LogP contribution in [0.4, 0.5) is 16.2 Å². The van der Waals surface area contributed by atoms with E-state index in [2.05, 4.69) is 0 Å². The number of ether oxygens (including phenoxy) is 1. The maximum Gasteiger partial charge on any atom is 0.343 e. The predicted octanol–water partition coefficient (Wildman–Crippen LogP) is 4.34. The Balaban J connectivity index is 1.88. The van der Waals surface area contributed by atoms with Crippen LogP contribution in [0.2, 0.25) is 0 Å². The molecule has 148 valence electrons. The van der Waals surface area contributed by atoms with Crippen LogP contribution in [0, 0.1) is 6.92 Å². The molecule has 0 atom stereocenters. The van der Waals surface area contributed by atoms with Gasteiger partial charge in [0.15, 0.2) is 0 Å². The zero-order valence-electron chi connectivity index (χ0n) is 16.1. The molecule has 7 heteroatoms. The van der Waals surface area contributed by atoms with Crippen LogP contribution in [-0.2, 0) is 16.6 Å². The molecule has 0 fully saturated rings. The molecule has 0 spiro atoms. The van der Waals surface area contributed by atoms with Crippen LogP contribution in [0.1, 0.15) is 11.1 Å². The zero-order chi connectivity index (χ0) is 20.6. The summed E-state index contributed by atoms with van der Waals surface area (Å²) in [5, 5.41) is 0. The van der Waals surface area contributed by atoms with Crippen LogP contribution in [0.3, 0.4) is 0 Å². The van der Waals surface area contributed by atoms with Crippen molar-refractivity contribution in [1.29, 1.82) is 0 Å². The quantitative estimate of drug-likeness (QED) is 0.644. The Bertz CT molecular complexity index is 1190. The Hall–Kier alpha value is -3.32. The van der Waals surface area contributed by atoms with E-state index in [0.717, 1.165) is 15.4 Å². The number of carbonyl (C=O) groups is 1. The summed E-state index contributed by atoms with van der Waals surface area (Å²) >= 11 is 0. The molecule has 0 saturated carbocycles. The number of amides is 2. The molecule has 0 N–H and O–H groups in total. The maximum absolute atomic E-state index is 13.5. The third-order valence-electron chi connectivity index (χ3n) is 4.96. The van der Waals surface area contributed by atoms with Gasteiger partial charge >= 0.3 is 6.03 Å². The number of benzene rings is 3. The molecule has 3 aromatic carbocycles. The Morgan fingerprint density at radius 2 is 1.66 bits per heavy atom. The third kappa shape index (κ3) is 3.23. The molecule has 6 nitrogen and oxygen atoms in total. The van der Waals surface area contributed by atoms with Crippen LogP contribution in [0.25, 0.3) is 0 Å². The molecule has 4 rings (SSSR count). The van der Waals surface area contributed by atoms with Gasteiger partial charge in [0.1, 0.15) is 10.6 Å². The van der Waals surface area contributed by atoms with E-state index in [1.54, 1.807) is 36.4 Å². The number of carbonyl (C=O) groups excluding carboxylic acids is 1. The lowest BCUT2D eigenvalue weighted by atomic mass is 10.1. The van der Waals surface area contributed by atoms with Crippen molar-refractivity contribution < 1.29 is 17.9 Å². The smallest absolute Gasteiger partial charge is 0.343 e. The molecule has 0 aliphatic carbocycles. The monoisotopic (exact) mass is 408 g/mol. The van der Waals surface area contributed by atoms with Crippen molar-refractivity contribution in [2.75, 3.05) is 16.3 Å². The first-order chi connectivity index (χ1) is 13.9. The highest BCUT2D eigenvalue weighted by molar-refractivity contribution is 7.94. The summed E-state index contributed by atoms with van der Waals surface area (Å²) in [7, 11) is -2.57. The van der Waals surface area contributed by atoms with E-state index in [-0.39, 0.29) is 17.1 Å². The molecule has 2 amide bonds. The van der Waals surface area contributed by atoms with Gasteiger partial charge < -0.3 is 4.74 Å². The molecule has 1 aliphatic rings. The van der Waals surface area contributed by atoms with Crippen molar-refractivity contribution in [3.63, 3.8) is 0 Å². The molecule has 1 heterocycles. The number of nitrogens with zero attached hydrogens (tertiary/aromatic N) is 2. The maximum atomic E-state index is 13.5. The van der Waals surface area contributed by atoms with Crippen molar-refractivity contribution in [2.24, 2.45) is 0 Å². The van der Waals surface area contributed by atoms with Crippen LogP contribution in [0.5, 0.6) is 5.75 Å². The second-order valence-corrected chi connectivity index (χ2v) is 8.49. The summed E-state index contributed by atoms with van der Waals surface area (Å²) in [5.74, 6) is 0.467. The number of rotatable bonds is 4. The van der Waals surface area contributed by atoms with Gasteiger partial charge in [-0.3, -0.25) is 4.90 Å². The summed E-state index contributed by atoms with van der Waals surface area (Å²) in [6.07, 6.45) is 0. The van der Waals surface area contributed by atoms with E-state index in [1.165, 1.54) is 24.1 Å². The molecular weight excluding hydrogens is 388 g/mol. The van der Waals surface area contributed by atoms with Crippen molar-refractivity contribution in [1.82, 2.24) is 0 Å². The van der Waals surface area contributed by atoms with Gasteiger partial charge in [0.25, 0.3) is 10.0 Å². The first kappa shape index (κ1) is 19.0. The largest absolute Gasteiger partial charge is 0.497 e. The molecule has 0 aromatic heterocycles. The average molecular weight is 408 g/mol. The zero-order valence-corrected chi connectivity index (χ0v) is 16.9. The lowest BCUT2D eigenvalue weighted by molar-refractivity contribution is 0.253. The fourth-order valence-corrected chi connectivity index (χ4v) is 4.99. The number of para-hydroxylation sites is 1. The van der Waals surface area contributed by atoms with E-state index in [9.17, 15) is 13.2 Å². The van der Waals surface area contributed by atoms with E-state index in [4.69, 9.17) is 4.74 Å². The minimum absolute atomic E-state index is 0.0935. The Kier molecular flexibility index (Phi) is 4.76. The molecule has 0 radical (unpaired) electrons. The van der Waals surface area contributed by atoms with Crippen LogP contribution in [-0.4, -0.2) is 21.6 Å². The van der Waals surface area contributed by atoms with Gasteiger partial charge in [0, 0.05) is 6.07 Å². The first-order valence-corrected chi connectivity index (χ1v) is 10.5. The normalized spacial score (nSPS) is 15.2. The van der Waals surface area contributed by atoms with Gasteiger partial charge in [0.05, 0.1) is 25.0 Å². The summed E-state index contributed by atoms with van der Waals surface area (Å²) in [5.41, 5.74) is 2.58. The van der Waals surface area contributed by atoms with Crippen molar-refractivity contribution in [2.45, 2.75) is 18.4 Å². The van der Waals surface area contributed by atoms with Gasteiger partial charge in [-0.2, -0.15) is 4.31 Å². The van der Waals surface area contributed by atoms with E-state index < -0.39 is 16.1 Å². The number of sulfonamides is 1. The molecular formula is C22H20N2O4S. The van der Waals surface area contributed by atoms with Gasteiger partial charge in [0.2, 0.25) is 0 Å². The molecule has 0 unspecified atom stereocenters. The second-order valence-electron chi connectivity index (χ2n) is 6.73. The number of hydrogen-bond donors (Lipinski definition) is 0. The molecule has 1 aliphatic heterocycles. The summed E-state index contributed by atoms with van der Waals surface area (Å²) in [6.45, 7) is 2.23. The standard InChI is InChI=1S/C22H20N2O4S/c1-16-8-3-4-9-17(16)15-23-20-12-5-6-13-21(20)29(26,27)24(22(23)25)18-10-7-11-19(14-18)28-2/h3-14H,15H2,1-2H3. The minimum Gasteiger partial charge on any atom is -0.497 e. The summed E-state index contributed by atoms with van der Waals surface area (Å²) in [6, 6.07) is 20.1. The topological polar surface area (TPSA) is 66.9 Å². The number of aryl methyl sites for hydroxylation is 1. The van der Waals surface area contributed by atoms with Gasteiger partial charge in [-0.1, -0.05) is 42.5 Å². The molecule has 0 saturated heterocycles. The Labute approximate surface area is 170 Å². The Morgan fingerprint density at radius 1 is 0.931 bits per heavy atom. The summed E-state index contributed by atoms with van der Waals surface area (Å²) < 4.78 is 32.7. The van der Waals surface area contributed by atoms with Gasteiger partial charge in [-0.25, -0.2) is 13.2 Å². The van der Waals surface area contributed by atoms with Crippen molar-refractivity contribution in [3.05, 3.63) is 83.9 Å². The number of urea groups is 1. The molecule has 0 bridgehead atoms. The highest BCUT2D eigenvalue weighted by Gasteiger charge is 2.42. The highest BCUT2D eigenvalue weighted by atomic mass is 32.2. The second kappa shape index (κ2) is 7.25. The minimum atomic E-state index is -4.06. The Morgan fingerprint density at radius 3 is 2.41 bits per heavy atom. The van der Waals surface area contributed by atoms with Gasteiger partial charge in [-0.15, -0.1) is 0 Å². The van der Waals surface area contributed by atoms with Crippen molar-refractivity contribution in [3.8, 4) is 5.75 Å². The van der Waals surface area contributed by atoms with Crippen LogP contribution >= 0.6 is 0 Å². The number of anilines is 2. The number of fused-ring (bicyclic) bond motifs is 1. The first-order valence-electron chi connectivity index (χ1n) is 9.08. The van der Waals surface area contributed by atoms with Crippen molar-refractivity contribution >= 4 is 27.4 Å². The molecule has 29 heavy (non-hydrogen) atoms. The van der Waals surface area contributed by atoms with Gasteiger partial charge in [-0.05, 0) is 42.3 Å². The SMILES string of the molecule is COc1cccc(N2C(=O)N(Cc3ccccc3C)c3ccccc3S2(=O)=O)c1. The van der Waals surface area contributed by atoms with E-state index in [0.29, 0.717) is 11.4 Å². The van der Waals surface area contributed by atoms with E-state index >= 15 is 0 Å².